The number of rotatable bonds is 20. The Morgan fingerprint density at radius 2 is 1.27 bits per heavy atom. The summed E-state index contributed by atoms with van der Waals surface area (Å²) in [4.78, 5) is 24.6. The predicted molar refractivity (Wildman–Crippen MR) is 159 cm³/mol. The number of unbranched alkanes of at least 4 members (excludes halogenated alkanes) is 14. The molecular formula is C33H45BrO3. The SMILES string of the molecule is CCCCCCCCCCCCCCCCCC(=O)Oc1cccc(/C=C/C(=O)c2ccc(Br)cc2)c1. The van der Waals surface area contributed by atoms with Crippen molar-refractivity contribution in [2.45, 2.75) is 110 Å². The predicted octanol–water partition coefficient (Wildman–Crippen LogP) is 10.5. The van der Waals surface area contributed by atoms with Crippen LogP contribution in [0.3, 0.4) is 0 Å². The van der Waals surface area contributed by atoms with E-state index < -0.39 is 0 Å². The van der Waals surface area contributed by atoms with E-state index in [1.807, 2.05) is 24.3 Å². The molecule has 2 rings (SSSR count). The third-order valence-electron chi connectivity index (χ3n) is 6.63. The number of esters is 1. The van der Waals surface area contributed by atoms with Gasteiger partial charge in [0.05, 0.1) is 0 Å². The molecule has 37 heavy (non-hydrogen) atoms. The monoisotopic (exact) mass is 568 g/mol. The minimum atomic E-state index is -0.193. The Labute approximate surface area is 233 Å². The van der Waals surface area contributed by atoms with Gasteiger partial charge in [-0.1, -0.05) is 131 Å². The first-order valence-corrected chi connectivity index (χ1v) is 15.2. The fourth-order valence-electron chi connectivity index (χ4n) is 4.39. The molecule has 0 N–H and O–H groups in total. The fraction of sp³-hybridized carbons (Fsp3) is 0.515. The lowest BCUT2D eigenvalue weighted by molar-refractivity contribution is -0.134. The zero-order valence-corrected chi connectivity index (χ0v) is 24.3. The highest BCUT2D eigenvalue weighted by Gasteiger charge is 2.06. The van der Waals surface area contributed by atoms with Gasteiger partial charge in [-0.2, -0.15) is 0 Å². The van der Waals surface area contributed by atoms with Gasteiger partial charge in [0.25, 0.3) is 0 Å². The zero-order chi connectivity index (χ0) is 26.6. The van der Waals surface area contributed by atoms with E-state index in [0.717, 1.165) is 22.9 Å². The van der Waals surface area contributed by atoms with Gasteiger partial charge in [-0.25, -0.2) is 0 Å². The van der Waals surface area contributed by atoms with E-state index in [0.29, 0.717) is 17.7 Å². The van der Waals surface area contributed by atoms with Gasteiger partial charge in [0, 0.05) is 16.5 Å². The van der Waals surface area contributed by atoms with Crippen molar-refractivity contribution in [3.05, 3.63) is 70.2 Å². The molecule has 0 heterocycles. The standard InChI is InChI=1S/C33H45BrO3/c1-2-3-4-5-6-7-8-9-10-11-12-13-14-15-16-20-33(36)37-31-19-17-18-28(27-31)21-26-32(35)29-22-24-30(34)25-23-29/h17-19,21-27H,2-16,20H2,1H3/b26-21+. The number of benzene rings is 2. The van der Waals surface area contributed by atoms with E-state index in [1.165, 1.54) is 83.5 Å². The van der Waals surface area contributed by atoms with Crippen molar-refractivity contribution < 1.29 is 14.3 Å². The summed E-state index contributed by atoms with van der Waals surface area (Å²) in [6.07, 6.45) is 23.3. The summed E-state index contributed by atoms with van der Waals surface area (Å²) in [5, 5.41) is 0. The van der Waals surface area contributed by atoms with E-state index >= 15 is 0 Å². The van der Waals surface area contributed by atoms with E-state index in [4.69, 9.17) is 4.74 Å². The average Bonchev–Trinajstić information content (AvgIpc) is 2.90. The fourth-order valence-corrected chi connectivity index (χ4v) is 4.65. The van der Waals surface area contributed by atoms with E-state index in [9.17, 15) is 9.59 Å². The van der Waals surface area contributed by atoms with Gasteiger partial charge < -0.3 is 4.74 Å². The van der Waals surface area contributed by atoms with Crippen LogP contribution in [0.15, 0.2) is 59.1 Å². The normalized spacial score (nSPS) is 11.2. The number of hydrogen-bond donors (Lipinski definition) is 0. The highest BCUT2D eigenvalue weighted by Crippen LogP contribution is 2.18. The molecule has 0 aliphatic rings. The second-order valence-corrected chi connectivity index (χ2v) is 10.9. The van der Waals surface area contributed by atoms with Gasteiger partial charge in [-0.3, -0.25) is 9.59 Å². The molecule has 0 amide bonds. The lowest BCUT2D eigenvalue weighted by Crippen LogP contribution is -2.07. The molecule has 0 saturated heterocycles. The van der Waals surface area contributed by atoms with E-state index in [-0.39, 0.29) is 11.8 Å². The molecule has 0 saturated carbocycles. The van der Waals surface area contributed by atoms with E-state index in [1.54, 1.807) is 36.4 Å². The van der Waals surface area contributed by atoms with Gasteiger partial charge in [0.1, 0.15) is 5.75 Å². The lowest BCUT2D eigenvalue weighted by atomic mass is 10.0. The maximum Gasteiger partial charge on any atom is 0.311 e. The molecule has 0 atom stereocenters. The van der Waals surface area contributed by atoms with Crippen LogP contribution < -0.4 is 4.74 Å². The number of hydrogen-bond acceptors (Lipinski definition) is 3. The average molecular weight is 570 g/mol. The molecule has 0 radical (unpaired) electrons. The highest BCUT2D eigenvalue weighted by atomic mass is 79.9. The van der Waals surface area contributed by atoms with Crippen LogP contribution in [0.1, 0.15) is 126 Å². The number of carbonyl (C=O) groups excluding carboxylic acids is 2. The topological polar surface area (TPSA) is 43.4 Å². The van der Waals surface area contributed by atoms with Crippen molar-refractivity contribution in [3.63, 3.8) is 0 Å². The second kappa shape index (κ2) is 19.9. The van der Waals surface area contributed by atoms with Crippen molar-refractivity contribution in [2.75, 3.05) is 0 Å². The molecule has 0 spiro atoms. The van der Waals surface area contributed by atoms with Crippen molar-refractivity contribution in [1.82, 2.24) is 0 Å². The first-order valence-electron chi connectivity index (χ1n) is 14.4. The third-order valence-corrected chi connectivity index (χ3v) is 7.16. The molecule has 3 nitrogen and oxygen atoms in total. The third kappa shape index (κ3) is 15.0. The number of carbonyl (C=O) groups is 2. The van der Waals surface area contributed by atoms with Gasteiger partial charge in [0.2, 0.25) is 0 Å². The van der Waals surface area contributed by atoms with Crippen LogP contribution in [0.25, 0.3) is 6.08 Å². The maximum atomic E-state index is 12.3. The minimum absolute atomic E-state index is 0.0666. The quantitative estimate of drug-likeness (QED) is 0.0524. The van der Waals surface area contributed by atoms with Crippen LogP contribution in [0, 0.1) is 0 Å². The smallest absolute Gasteiger partial charge is 0.311 e. The molecular weight excluding hydrogens is 524 g/mol. The molecule has 0 aliphatic heterocycles. The van der Waals surface area contributed by atoms with Crippen LogP contribution in [0.5, 0.6) is 5.75 Å². The Balaban J connectivity index is 1.52. The highest BCUT2D eigenvalue weighted by molar-refractivity contribution is 9.10. The first-order chi connectivity index (χ1) is 18.1. The number of ketones is 1. The van der Waals surface area contributed by atoms with Crippen LogP contribution in [0.4, 0.5) is 0 Å². The zero-order valence-electron chi connectivity index (χ0n) is 22.7. The van der Waals surface area contributed by atoms with Gasteiger partial charge in [0.15, 0.2) is 5.78 Å². The molecule has 2 aromatic carbocycles. The van der Waals surface area contributed by atoms with Gasteiger partial charge in [-0.05, 0) is 54.5 Å². The van der Waals surface area contributed by atoms with Gasteiger partial charge >= 0.3 is 5.97 Å². The largest absolute Gasteiger partial charge is 0.427 e. The number of halogens is 1. The van der Waals surface area contributed by atoms with E-state index in [2.05, 4.69) is 22.9 Å². The van der Waals surface area contributed by atoms with Crippen molar-refractivity contribution in [3.8, 4) is 5.75 Å². The molecule has 0 aliphatic carbocycles. The molecule has 2 aromatic rings. The molecule has 0 unspecified atom stereocenters. The summed E-state index contributed by atoms with van der Waals surface area (Å²) in [5.74, 6) is 0.258. The molecule has 0 fully saturated rings. The second-order valence-electron chi connectivity index (χ2n) is 9.95. The Morgan fingerprint density at radius 3 is 1.84 bits per heavy atom. The van der Waals surface area contributed by atoms with Crippen LogP contribution in [0.2, 0.25) is 0 Å². The van der Waals surface area contributed by atoms with Crippen LogP contribution in [-0.2, 0) is 4.79 Å². The van der Waals surface area contributed by atoms with Crippen molar-refractivity contribution in [1.29, 1.82) is 0 Å². The van der Waals surface area contributed by atoms with Gasteiger partial charge in [-0.15, -0.1) is 0 Å². The Kier molecular flexibility index (Phi) is 16.6. The number of allylic oxidation sites excluding steroid dienone is 1. The summed E-state index contributed by atoms with van der Waals surface area (Å²) in [6, 6.07) is 14.5. The first kappa shape index (κ1) is 31.0. The summed E-state index contributed by atoms with van der Waals surface area (Å²) in [5.41, 5.74) is 1.45. The summed E-state index contributed by atoms with van der Waals surface area (Å²) < 4.78 is 6.45. The maximum absolute atomic E-state index is 12.3. The van der Waals surface area contributed by atoms with Crippen molar-refractivity contribution >= 4 is 33.8 Å². The summed E-state index contributed by atoms with van der Waals surface area (Å²) >= 11 is 3.37. The Morgan fingerprint density at radius 1 is 0.730 bits per heavy atom. The molecule has 0 bridgehead atoms. The lowest BCUT2D eigenvalue weighted by Gasteiger charge is -2.06. The molecule has 4 heteroatoms. The summed E-state index contributed by atoms with van der Waals surface area (Å²) in [6.45, 7) is 2.27. The van der Waals surface area contributed by atoms with Crippen LogP contribution in [-0.4, -0.2) is 11.8 Å². The van der Waals surface area contributed by atoms with Crippen LogP contribution >= 0.6 is 15.9 Å². The van der Waals surface area contributed by atoms with Crippen molar-refractivity contribution in [2.24, 2.45) is 0 Å². The minimum Gasteiger partial charge on any atom is -0.427 e. The number of ether oxygens (including phenoxy) is 1. The molecule has 202 valence electrons. The Bertz CT molecular complexity index is 933. The molecule has 0 aromatic heterocycles. The Hall–Kier alpha value is -2.20. The summed E-state index contributed by atoms with van der Waals surface area (Å²) in [7, 11) is 0.